The van der Waals surface area contributed by atoms with Gasteiger partial charge in [-0.2, -0.15) is 0 Å². The van der Waals surface area contributed by atoms with Gasteiger partial charge in [-0.1, -0.05) is 23.5 Å². The van der Waals surface area contributed by atoms with Crippen LogP contribution >= 0.6 is 11.3 Å². The van der Waals surface area contributed by atoms with Crippen LogP contribution in [0.4, 0.5) is 5.13 Å². The van der Waals surface area contributed by atoms with Crippen molar-refractivity contribution in [3.05, 3.63) is 54.4 Å². The molecule has 0 spiro atoms. The summed E-state index contributed by atoms with van der Waals surface area (Å²) in [6, 6.07) is 10.4. The van der Waals surface area contributed by atoms with Crippen molar-refractivity contribution < 1.29 is 9.53 Å². The van der Waals surface area contributed by atoms with E-state index < -0.39 is 6.04 Å². The molecule has 1 atom stereocenters. The van der Waals surface area contributed by atoms with Crippen LogP contribution in [0.2, 0.25) is 0 Å². The van der Waals surface area contributed by atoms with Crippen molar-refractivity contribution in [2.45, 2.75) is 12.5 Å². The van der Waals surface area contributed by atoms with Crippen molar-refractivity contribution in [3.8, 4) is 16.3 Å². The van der Waals surface area contributed by atoms with Crippen molar-refractivity contribution >= 4 is 22.4 Å². The smallest absolute Gasteiger partial charge is 0.243 e. The summed E-state index contributed by atoms with van der Waals surface area (Å²) in [6.07, 6.45) is 3.76. The van der Waals surface area contributed by atoms with E-state index in [2.05, 4.69) is 20.5 Å². The number of methoxy groups -OCH3 is 1. The van der Waals surface area contributed by atoms with Gasteiger partial charge in [0.05, 0.1) is 13.2 Å². The number of amides is 1. The van der Waals surface area contributed by atoms with Crippen LogP contribution < -0.4 is 15.8 Å². The highest BCUT2D eigenvalue weighted by Crippen LogP contribution is 2.25. The van der Waals surface area contributed by atoms with Gasteiger partial charge in [-0.15, -0.1) is 10.2 Å². The number of anilines is 1. The molecular formula is C17H17N5O2S. The number of nitrogens with two attached hydrogens (primary N) is 1. The van der Waals surface area contributed by atoms with E-state index in [9.17, 15) is 4.79 Å². The molecule has 0 bridgehead atoms. The van der Waals surface area contributed by atoms with Crippen LogP contribution in [0.1, 0.15) is 5.56 Å². The summed E-state index contributed by atoms with van der Waals surface area (Å²) in [5, 5.41) is 11.9. The van der Waals surface area contributed by atoms with Crippen molar-refractivity contribution in [2.24, 2.45) is 5.73 Å². The zero-order chi connectivity index (χ0) is 17.6. The number of nitrogens with zero attached hydrogens (tertiary/aromatic N) is 3. The Labute approximate surface area is 148 Å². The average Bonchev–Trinajstić information content (AvgIpc) is 3.11. The third-order valence-corrected chi connectivity index (χ3v) is 4.40. The summed E-state index contributed by atoms with van der Waals surface area (Å²) in [5.74, 6) is 0.427. The SMILES string of the molecule is COc1cccc(CC(N)C(=O)Nc2nnc(-c3ccncc3)s2)c1. The number of hydrogen-bond acceptors (Lipinski definition) is 7. The summed E-state index contributed by atoms with van der Waals surface area (Å²) in [4.78, 5) is 16.2. The van der Waals surface area contributed by atoms with Gasteiger partial charge in [0.25, 0.3) is 0 Å². The zero-order valence-electron chi connectivity index (χ0n) is 13.5. The molecule has 3 N–H and O–H groups in total. The van der Waals surface area contributed by atoms with Crippen LogP contribution in [0, 0.1) is 0 Å². The average molecular weight is 355 g/mol. The molecule has 3 rings (SSSR count). The lowest BCUT2D eigenvalue weighted by atomic mass is 10.1. The Morgan fingerprint density at radius 2 is 2.08 bits per heavy atom. The van der Waals surface area contributed by atoms with E-state index in [1.54, 1.807) is 19.5 Å². The quantitative estimate of drug-likeness (QED) is 0.702. The molecule has 0 aliphatic heterocycles. The number of aromatic nitrogens is 3. The molecule has 2 heterocycles. The Bertz CT molecular complexity index is 853. The first-order valence-electron chi connectivity index (χ1n) is 7.59. The van der Waals surface area contributed by atoms with Gasteiger partial charge >= 0.3 is 0 Å². The molecule has 0 aliphatic rings. The zero-order valence-corrected chi connectivity index (χ0v) is 14.4. The van der Waals surface area contributed by atoms with Crippen LogP contribution in [0.5, 0.6) is 5.75 Å². The first-order chi connectivity index (χ1) is 12.2. The number of nitrogens with one attached hydrogen (secondary N) is 1. The van der Waals surface area contributed by atoms with Crippen LogP contribution in [0.3, 0.4) is 0 Å². The van der Waals surface area contributed by atoms with Crippen molar-refractivity contribution in [3.63, 3.8) is 0 Å². The van der Waals surface area contributed by atoms with Crippen LogP contribution in [-0.2, 0) is 11.2 Å². The standard InChI is InChI=1S/C17H17N5O2S/c1-24-13-4-2-3-11(9-13)10-14(18)15(23)20-17-22-21-16(25-17)12-5-7-19-8-6-12/h2-9,14H,10,18H2,1H3,(H,20,22,23). The third-order valence-electron chi connectivity index (χ3n) is 3.51. The summed E-state index contributed by atoms with van der Waals surface area (Å²) in [5.41, 5.74) is 7.83. The van der Waals surface area contributed by atoms with Gasteiger partial charge in [0.2, 0.25) is 11.0 Å². The molecule has 128 valence electrons. The second kappa shape index (κ2) is 7.82. The Morgan fingerprint density at radius 1 is 1.28 bits per heavy atom. The first kappa shape index (κ1) is 17.0. The van der Waals surface area contributed by atoms with Gasteiger partial charge in [-0.3, -0.25) is 15.1 Å². The first-order valence-corrected chi connectivity index (χ1v) is 8.40. The van der Waals surface area contributed by atoms with Crippen LogP contribution in [0.25, 0.3) is 10.6 Å². The highest BCUT2D eigenvalue weighted by Gasteiger charge is 2.17. The molecule has 0 aliphatic carbocycles. The summed E-state index contributed by atoms with van der Waals surface area (Å²) < 4.78 is 5.17. The van der Waals surface area contributed by atoms with Gasteiger partial charge in [0.15, 0.2) is 0 Å². The second-order valence-electron chi connectivity index (χ2n) is 5.30. The largest absolute Gasteiger partial charge is 0.497 e. The second-order valence-corrected chi connectivity index (χ2v) is 6.28. The van der Waals surface area contributed by atoms with Crippen molar-refractivity contribution in [1.82, 2.24) is 15.2 Å². The molecular weight excluding hydrogens is 338 g/mol. The van der Waals surface area contributed by atoms with Gasteiger partial charge in [-0.25, -0.2) is 0 Å². The van der Waals surface area contributed by atoms with E-state index in [1.165, 1.54) is 11.3 Å². The minimum atomic E-state index is -0.694. The topological polar surface area (TPSA) is 103 Å². The molecule has 2 aromatic heterocycles. The molecule has 1 amide bonds. The molecule has 3 aromatic rings. The van der Waals surface area contributed by atoms with Gasteiger partial charge in [-0.05, 0) is 36.2 Å². The molecule has 0 saturated carbocycles. The maximum absolute atomic E-state index is 12.3. The molecule has 1 aromatic carbocycles. The molecule has 1 unspecified atom stereocenters. The van der Waals surface area contributed by atoms with E-state index in [4.69, 9.17) is 10.5 Å². The Balaban J connectivity index is 1.62. The fourth-order valence-electron chi connectivity index (χ4n) is 2.23. The van der Waals surface area contributed by atoms with Crippen LogP contribution in [0.15, 0.2) is 48.8 Å². The lowest BCUT2D eigenvalue weighted by Crippen LogP contribution is -2.37. The predicted molar refractivity (Wildman–Crippen MR) is 96.4 cm³/mol. The minimum Gasteiger partial charge on any atom is -0.497 e. The minimum absolute atomic E-state index is 0.305. The summed E-state index contributed by atoms with van der Waals surface area (Å²) in [7, 11) is 1.60. The Kier molecular flexibility index (Phi) is 5.32. The normalized spacial score (nSPS) is 11.8. The summed E-state index contributed by atoms with van der Waals surface area (Å²) in [6.45, 7) is 0. The monoisotopic (exact) mass is 355 g/mol. The molecule has 25 heavy (non-hydrogen) atoms. The van der Waals surface area contributed by atoms with Crippen molar-refractivity contribution in [1.29, 1.82) is 0 Å². The maximum atomic E-state index is 12.3. The van der Waals surface area contributed by atoms with E-state index in [-0.39, 0.29) is 5.91 Å². The number of carbonyl (C=O) groups excluding carboxylic acids is 1. The maximum Gasteiger partial charge on any atom is 0.243 e. The molecule has 0 radical (unpaired) electrons. The van der Waals surface area contributed by atoms with Gasteiger partial charge in [0, 0.05) is 18.0 Å². The van der Waals surface area contributed by atoms with Crippen LogP contribution in [-0.4, -0.2) is 34.2 Å². The Hall–Kier alpha value is -2.84. The van der Waals surface area contributed by atoms with E-state index >= 15 is 0 Å². The number of hydrogen-bond donors (Lipinski definition) is 2. The predicted octanol–water partition coefficient (Wildman–Crippen LogP) is 2.12. The molecule has 0 saturated heterocycles. The number of rotatable bonds is 6. The lowest BCUT2D eigenvalue weighted by molar-refractivity contribution is -0.117. The number of benzene rings is 1. The highest BCUT2D eigenvalue weighted by molar-refractivity contribution is 7.18. The lowest BCUT2D eigenvalue weighted by Gasteiger charge is -2.11. The fourth-order valence-corrected chi connectivity index (χ4v) is 2.98. The fraction of sp³-hybridized carbons (Fsp3) is 0.176. The highest BCUT2D eigenvalue weighted by atomic mass is 32.1. The van der Waals surface area contributed by atoms with E-state index in [0.29, 0.717) is 16.6 Å². The number of carbonyl (C=O) groups is 1. The molecule has 8 heteroatoms. The summed E-state index contributed by atoms with van der Waals surface area (Å²) >= 11 is 1.29. The molecule has 7 nitrogen and oxygen atoms in total. The third kappa shape index (κ3) is 4.37. The number of pyridine rings is 1. The van der Waals surface area contributed by atoms with Crippen molar-refractivity contribution in [2.75, 3.05) is 12.4 Å². The number of ether oxygens (including phenoxy) is 1. The van der Waals surface area contributed by atoms with E-state index in [0.717, 1.165) is 16.9 Å². The Morgan fingerprint density at radius 3 is 2.84 bits per heavy atom. The van der Waals surface area contributed by atoms with Gasteiger partial charge < -0.3 is 10.5 Å². The van der Waals surface area contributed by atoms with Gasteiger partial charge in [0.1, 0.15) is 10.8 Å². The molecule has 0 fully saturated rings. The van der Waals surface area contributed by atoms with E-state index in [1.807, 2.05) is 36.4 Å².